The molecule has 6 aromatic carbocycles. The molecule has 0 saturated carbocycles. The molecule has 0 amide bonds. The molecule has 4 heterocycles. The van der Waals surface area contributed by atoms with Crippen molar-refractivity contribution >= 4 is 65.2 Å². The lowest BCUT2D eigenvalue weighted by atomic mass is 9.80. The molecular formula is C47H28N4. The van der Waals surface area contributed by atoms with Crippen LogP contribution in [0.25, 0.3) is 110 Å². The van der Waals surface area contributed by atoms with Crippen molar-refractivity contribution in [3.63, 3.8) is 0 Å². The minimum absolute atomic E-state index is 0.930. The average molecular weight is 649 g/mol. The summed E-state index contributed by atoms with van der Waals surface area (Å²) in [6.07, 6.45) is 10.9. The largest absolute Gasteiger partial charge is 0.254 e. The molecule has 51 heavy (non-hydrogen) atoms. The highest BCUT2D eigenvalue weighted by Crippen LogP contribution is 2.60. The first-order chi connectivity index (χ1) is 25.3. The van der Waals surface area contributed by atoms with Crippen LogP contribution in [-0.2, 0) is 12.8 Å². The van der Waals surface area contributed by atoms with Gasteiger partial charge >= 0.3 is 0 Å². The molecule has 0 saturated heterocycles. The number of pyridine rings is 4. The molecule has 0 N–H and O–H groups in total. The summed E-state index contributed by atoms with van der Waals surface area (Å²) < 4.78 is 0. The highest BCUT2D eigenvalue weighted by atomic mass is 14.7. The fourth-order valence-electron chi connectivity index (χ4n) is 9.45. The fourth-order valence-corrected chi connectivity index (χ4v) is 9.45. The van der Waals surface area contributed by atoms with Crippen molar-refractivity contribution in [3.05, 3.63) is 145 Å². The molecule has 2 aliphatic carbocycles. The number of aromatic nitrogens is 4. The first-order valence-corrected chi connectivity index (χ1v) is 17.8. The molecule has 0 radical (unpaired) electrons. The molecule has 0 atom stereocenters. The third-order valence-corrected chi connectivity index (χ3v) is 11.4. The van der Waals surface area contributed by atoms with Crippen LogP contribution in [0.2, 0.25) is 0 Å². The van der Waals surface area contributed by atoms with Crippen LogP contribution in [0.5, 0.6) is 0 Å². The third kappa shape index (κ3) is 3.58. The predicted molar refractivity (Wildman–Crippen MR) is 210 cm³/mol. The topological polar surface area (TPSA) is 51.6 Å². The van der Waals surface area contributed by atoms with Crippen LogP contribution < -0.4 is 0 Å². The molecule has 0 unspecified atom stereocenters. The van der Waals surface area contributed by atoms with Crippen molar-refractivity contribution in [2.24, 2.45) is 0 Å². The Morgan fingerprint density at radius 1 is 0.353 bits per heavy atom. The lowest BCUT2D eigenvalue weighted by molar-refractivity contribution is 0.808. The van der Waals surface area contributed by atoms with E-state index in [1.54, 1.807) is 0 Å². The Bertz CT molecular complexity index is 2970. The number of aryl methyl sites for hydroxylation is 2. The molecule has 4 heteroatoms. The normalized spacial score (nSPS) is 13.3. The molecule has 2 aliphatic rings. The van der Waals surface area contributed by atoms with E-state index in [0.29, 0.717) is 0 Å². The first-order valence-electron chi connectivity index (χ1n) is 17.8. The summed E-state index contributed by atoms with van der Waals surface area (Å²) in [6, 6.07) is 40.3. The highest BCUT2D eigenvalue weighted by molar-refractivity contribution is 6.31. The molecule has 12 rings (SSSR count). The minimum atomic E-state index is 0.930. The summed E-state index contributed by atoms with van der Waals surface area (Å²) in [5.74, 6) is 0. The lowest BCUT2D eigenvalue weighted by Gasteiger charge is -2.22. The van der Waals surface area contributed by atoms with Crippen LogP contribution in [0.4, 0.5) is 0 Å². The van der Waals surface area contributed by atoms with E-state index in [-0.39, 0.29) is 0 Å². The summed E-state index contributed by atoms with van der Waals surface area (Å²) in [5, 5.41) is 9.70. The molecule has 10 aromatic rings. The van der Waals surface area contributed by atoms with E-state index in [2.05, 4.69) is 97.1 Å². The average Bonchev–Trinajstić information content (AvgIpc) is 3.53. The second-order valence-corrected chi connectivity index (χ2v) is 14.0. The van der Waals surface area contributed by atoms with Crippen molar-refractivity contribution in [1.82, 2.24) is 19.9 Å². The smallest absolute Gasteiger partial charge is 0.0970 e. The summed E-state index contributed by atoms with van der Waals surface area (Å²) in [5.41, 5.74) is 16.8. The van der Waals surface area contributed by atoms with Gasteiger partial charge in [-0.2, -0.15) is 0 Å². The monoisotopic (exact) mass is 648 g/mol. The zero-order valence-corrected chi connectivity index (χ0v) is 27.6. The molecule has 0 bridgehead atoms. The third-order valence-electron chi connectivity index (χ3n) is 11.4. The number of rotatable bonds is 2. The van der Waals surface area contributed by atoms with Gasteiger partial charge in [-0.05, 0) is 133 Å². The first kappa shape index (κ1) is 27.3. The van der Waals surface area contributed by atoms with Gasteiger partial charge in [0.1, 0.15) is 0 Å². The van der Waals surface area contributed by atoms with Gasteiger partial charge in [-0.15, -0.1) is 0 Å². The van der Waals surface area contributed by atoms with E-state index < -0.39 is 0 Å². The van der Waals surface area contributed by atoms with Gasteiger partial charge in [0.05, 0.1) is 22.1 Å². The molecule has 0 aliphatic heterocycles. The fraction of sp³-hybridized carbons (Fsp3) is 0.0638. The van der Waals surface area contributed by atoms with Crippen LogP contribution in [0.15, 0.2) is 134 Å². The van der Waals surface area contributed by atoms with Gasteiger partial charge in [0.15, 0.2) is 0 Å². The molecular weight excluding hydrogens is 621 g/mol. The molecule has 4 aromatic heterocycles. The summed E-state index contributed by atoms with van der Waals surface area (Å²) >= 11 is 0. The summed E-state index contributed by atoms with van der Waals surface area (Å²) in [4.78, 5) is 19.5. The van der Waals surface area contributed by atoms with Crippen molar-refractivity contribution in [2.45, 2.75) is 19.3 Å². The van der Waals surface area contributed by atoms with Gasteiger partial charge in [-0.25, -0.2) is 0 Å². The Morgan fingerprint density at radius 2 is 0.804 bits per heavy atom. The lowest BCUT2D eigenvalue weighted by Crippen LogP contribution is -2.01. The molecule has 0 fully saturated rings. The maximum Gasteiger partial charge on any atom is 0.0970 e. The van der Waals surface area contributed by atoms with Crippen LogP contribution in [0.1, 0.15) is 17.5 Å². The van der Waals surface area contributed by atoms with Crippen molar-refractivity contribution in [2.75, 3.05) is 0 Å². The van der Waals surface area contributed by atoms with Crippen LogP contribution >= 0.6 is 0 Å². The van der Waals surface area contributed by atoms with E-state index in [1.807, 2.05) is 36.9 Å². The van der Waals surface area contributed by atoms with E-state index in [0.717, 1.165) is 56.5 Å². The van der Waals surface area contributed by atoms with Crippen molar-refractivity contribution in [3.8, 4) is 44.5 Å². The van der Waals surface area contributed by atoms with Crippen LogP contribution in [0, 0.1) is 0 Å². The van der Waals surface area contributed by atoms with Crippen molar-refractivity contribution in [1.29, 1.82) is 0 Å². The Morgan fingerprint density at radius 3 is 1.31 bits per heavy atom. The number of benzene rings is 6. The zero-order valence-electron chi connectivity index (χ0n) is 27.6. The SMILES string of the molecule is c1cnc2c(c1)cc(-c1c3c(c(-c4cc5cccnc5c5ncccc45)c4ccccc14)-c1ccc4c5c(ccc-3c15)CCC4)c1cccnc12. The van der Waals surface area contributed by atoms with E-state index in [4.69, 9.17) is 19.9 Å². The predicted octanol–water partition coefficient (Wildman–Crippen LogP) is 11.7. The second kappa shape index (κ2) is 10.0. The maximum absolute atomic E-state index is 4.94. The molecule has 4 nitrogen and oxygen atoms in total. The highest BCUT2D eigenvalue weighted by Gasteiger charge is 2.33. The quantitative estimate of drug-likeness (QED) is 0.175. The molecule has 236 valence electrons. The summed E-state index contributed by atoms with van der Waals surface area (Å²) in [7, 11) is 0. The van der Waals surface area contributed by atoms with E-state index >= 15 is 0 Å². The number of nitrogens with zero attached hydrogens (tertiary/aromatic N) is 4. The number of fused-ring (bicyclic) bond motifs is 10. The Labute approximate surface area is 293 Å². The number of hydrogen-bond donors (Lipinski definition) is 0. The Hall–Kier alpha value is -6.52. The standard InChI is InChI=1S/C47H28N4/c1-2-13-31-30(12-1)39(36-24-28-10-4-20-48-44(28)46-32(36)14-6-22-50-46)42-34-18-16-26-8-3-9-27-17-19-35(41(34)38(26)27)43(42)40(31)37-25-29-11-5-21-49-45(29)47-33(37)15-7-23-51-47/h1-2,4-7,10-25H,3,8-9H2. The van der Waals surface area contributed by atoms with Crippen LogP contribution in [0.3, 0.4) is 0 Å². The second-order valence-electron chi connectivity index (χ2n) is 14.0. The maximum atomic E-state index is 4.94. The molecule has 0 spiro atoms. The zero-order chi connectivity index (χ0) is 33.2. The van der Waals surface area contributed by atoms with Gasteiger partial charge in [-0.3, -0.25) is 19.9 Å². The van der Waals surface area contributed by atoms with Gasteiger partial charge < -0.3 is 0 Å². The van der Waals surface area contributed by atoms with Gasteiger partial charge in [0.25, 0.3) is 0 Å². The van der Waals surface area contributed by atoms with Gasteiger partial charge in [-0.1, -0.05) is 72.8 Å². The van der Waals surface area contributed by atoms with E-state index in [1.165, 1.54) is 83.6 Å². The Balaban J connectivity index is 1.34. The van der Waals surface area contributed by atoms with Crippen LogP contribution in [-0.4, -0.2) is 19.9 Å². The number of hydrogen-bond acceptors (Lipinski definition) is 4. The van der Waals surface area contributed by atoms with Gasteiger partial charge in [0, 0.05) is 46.3 Å². The Kier molecular flexibility index (Phi) is 5.37. The van der Waals surface area contributed by atoms with Gasteiger partial charge in [0.2, 0.25) is 0 Å². The van der Waals surface area contributed by atoms with Crippen molar-refractivity contribution < 1.29 is 0 Å². The van der Waals surface area contributed by atoms with E-state index in [9.17, 15) is 0 Å². The summed E-state index contributed by atoms with van der Waals surface area (Å²) in [6.45, 7) is 0. The minimum Gasteiger partial charge on any atom is -0.254 e.